The average Bonchev–Trinajstić information content (AvgIpc) is 2.60. The van der Waals surface area contributed by atoms with Gasteiger partial charge in [0.2, 0.25) is 0 Å². The summed E-state index contributed by atoms with van der Waals surface area (Å²) in [6.45, 7) is 2.72. The number of carbonyl (C=O) groups is 1. The van der Waals surface area contributed by atoms with E-state index in [1.165, 1.54) is 0 Å². The Kier molecular flexibility index (Phi) is 5.63. The monoisotopic (exact) mass is 313 g/mol. The van der Waals surface area contributed by atoms with Crippen LogP contribution in [0, 0.1) is 0 Å². The zero-order valence-corrected chi connectivity index (χ0v) is 14.1. The van der Waals surface area contributed by atoms with Crippen LogP contribution in [0.25, 0.3) is 0 Å². The van der Waals surface area contributed by atoms with Crippen molar-refractivity contribution in [2.75, 3.05) is 27.8 Å². The molecule has 0 aromatic heterocycles. The van der Waals surface area contributed by atoms with E-state index in [1.54, 1.807) is 19.1 Å². The van der Waals surface area contributed by atoms with Gasteiger partial charge in [-0.2, -0.15) is 0 Å². The van der Waals surface area contributed by atoms with Crippen LogP contribution in [0.2, 0.25) is 0 Å². The quantitative estimate of drug-likeness (QED) is 0.818. The third-order valence-electron chi connectivity index (χ3n) is 3.89. The number of hydrogen-bond donors (Lipinski definition) is 0. The molecular formula is C19H23NO3. The van der Waals surface area contributed by atoms with Crippen molar-refractivity contribution in [3.05, 3.63) is 59.7 Å². The Bertz CT molecular complexity index is 655. The van der Waals surface area contributed by atoms with Crippen LogP contribution < -0.4 is 9.47 Å². The minimum absolute atomic E-state index is 0.0259. The first-order valence-electron chi connectivity index (χ1n) is 7.59. The van der Waals surface area contributed by atoms with Gasteiger partial charge in [0.05, 0.1) is 14.2 Å². The van der Waals surface area contributed by atoms with Gasteiger partial charge in [-0.1, -0.05) is 31.2 Å². The highest BCUT2D eigenvalue weighted by atomic mass is 16.5. The van der Waals surface area contributed by atoms with Gasteiger partial charge in [0.1, 0.15) is 0 Å². The molecule has 2 aromatic carbocycles. The second-order valence-electron chi connectivity index (χ2n) is 5.57. The van der Waals surface area contributed by atoms with E-state index in [4.69, 9.17) is 9.47 Å². The van der Waals surface area contributed by atoms with Gasteiger partial charge in [-0.05, 0) is 35.7 Å². The van der Waals surface area contributed by atoms with E-state index in [1.807, 2.05) is 55.6 Å². The molecule has 0 aliphatic heterocycles. The maximum Gasteiger partial charge on any atom is 0.253 e. The summed E-state index contributed by atoms with van der Waals surface area (Å²) in [5, 5.41) is 0. The molecule has 0 bridgehead atoms. The van der Waals surface area contributed by atoms with E-state index in [-0.39, 0.29) is 11.8 Å². The fourth-order valence-corrected chi connectivity index (χ4v) is 2.56. The van der Waals surface area contributed by atoms with Gasteiger partial charge in [0.15, 0.2) is 11.5 Å². The molecule has 0 saturated carbocycles. The minimum atomic E-state index is 0.0259. The maximum atomic E-state index is 12.4. The summed E-state index contributed by atoms with van der Waals surface area (Å²) in [6.07, 6.45) is 0. The predicted molar refractivity (Wildman–Crippen MR) is 91.4 cm³/mol. The van der Waals surface area contributed by atoms with Gasteiger partial charge in [0, 0.05) is 19.2 Å². The van der Waals surface area contributed by atoms with Crippen LogP contribution in [0.5, 0.6) is 11.5 Å². The van der Waals surface area contributed by atoms with Gasteiger partial charge >= 0.3 is 0 Å². The molecule has 0 aliphatic rings. The van der Waals surface area contributed by atoms with Crippen LogP contribution in [-0.2, 0) is 0 Å². The van der Waals surface area contributed by atoms with Crippen molar-refractivity contribution in [2.45, 2.75) is 12.8 Å². The first kappa shape index (κ1) is 16.9. The summed E-state index contributed by atoms with van der Waals surface area (Å²) in [5.74, 6) is 1.62. The fraction of sp³-hybridized carbons (Fsp3) is 0.316. The maximum absolute atomic E-state index is 12.4. The number of rotatable bonds is 6. The molecule has 1 atom stereocenters. The zero-order valence-electron chi connectivity index (χ0n) is 14.1. The lowest BCUT2D eigenvalue weighted by Gasteiger charge is -2.22. The number of benzene rings is 2. The summed E-state index contributed by atoms with van der Waals surface area (Å²) in [6, 6.07) is 15.2. The molecule has 1 amide bonds. The summed E-state index contributed by atoms with van der Waals surface area (Å²) in [4.78, 5) is 14.2. The molecule has 2 aromatic rings. The fourth-order valence-electron chi connectivity index (χ4n) is 2.56. The van der Waals surface area contributed by atoms with E-state index in [2.05, 4.69) is 6.92 Å². The van der Waals surface area contributed by atoms with Gasteiger partial charge in [-0.3, -0.25) is 4.79 Å². The van der Waals surface area contributed by atoms with Crippen molar-refractivity contribution < 1.29 is 14.3 Å². The third-order valence-corrected chi connectivity index (χ3v) is 3.89. The number of nitrogens with zero attached hydrogens (tertiary/aromatic N) is 1. The SMILES string of the molecule is COc1ccc([C@@H](C)CN(C)C(=O)c2ccccc2)cc1OC. The highest BCUT2D eigenvalue weighted by molar-refractivity contribution is 5.94. The second-order valence-corrected chi connectivity index (χ2v) is 5.57. The lowest BCUT2D eigenvalue weighted by molar-refractivity contribution is 0.0788. The van der Waals surface area contributed by atoms with Crippen LogP contribution in [0.3, 0.4) is 0 Å². The number of likely N-dealkylation sites (N-methyl/N-ethyl adjacent to an activating group) is 1. The molecule has 0 N–H and O–H groups in total. The van der Waals surface area contributed by atoms with Crippen molar-refractivity contribution in [2.24, 2.45) is 0 Å². The Morgan fingerprint density at radius 2 is 1.70 bits per heavy atom. The molecule has 23 heavy (non-hydrogen) atoms. The minimum Gasteiger partial charge on any atom is -0.493 e. The normalized spacial score (nSPS) is 11.7. The van der Waals surface area contributed by atoms with Gasteiger partial charge in [0.25, 0.3) is 5.91 Å². The second kappa shape index (κ2) is 7.68. The molecule has 4 nitrogen and oxygen atoms in total. The van der Waals surface area contributed by atoms with Crippen molar-refractivity contribution in [3.63, 3.8) is 0 Å². The lowest BCUT2D eigenvalue weighted by atomic mass is 10.00. The van der Waals surface area contributed by atoms with Gasteiger partial charge in [-0.15, -0.1) is 0 Å². The molecule has 2 rings (SSSR count). The molecular weight excluding hydrogens is 290 g/mol. The first-order chi connectivity index (χ1) is 11.1. The molecule has 0 unspecified atom stereocenters. The van der Waals surface area contributed by atoms with E-state index < -0.39 is 0 Å². The molecule has 122 valence electrons. The smallest absolute Gasteiger partial charge is 0.253 e. The first-order valence-corrected chi connectivity index (χ1v) is 7.59. The highest BCUT2D eigenvalue weighted by Crippen LogP contribution is 2.30. The number of carbonyl (C=O) groups excluding carboxylic acids is 1. The summed E-state index contributed by atoms with van der Waals surface area (Å²) < 4.78 is 10.6. The molecule has 0 saturated heterocycles. The zero-order chi connectivity index (χ0) is 16.8. The molecule has 4 heteroatoms. The standard InChI is InChI=1S/C19H23NO3/c1-14(16-10-11-17(22-3)18(12-16)23-4)13-20(2)19(21)15-8-6-5-7-9-15/h5-12,14H,13H2,1-4H3/t14-/m0/s1. The van der Waals surface area contributed by atoms with Crippen molar-refractivity contribution >= 4 is 5.91 Å². The van der Waals surface area contributed by atoms with Crippen LogP contribution in [-0.4, -0.2) is 38.6 Å². The number of amides is 1. The van der Waals surface area contributed by atoms with E-state index in [0.717, 1.165) is 5.56 Å². The number of hydrogen-bond acceptors (Lipinski definition) is 3. The topological polar surface area (TPSA) is 38.8 Å². The lowest BCUT2D eigenvalue weighted by Crippen LogP contribution is -2.30. The van der Waals surface area contributed by atoms with E-state index in [0.29, 0.717) is 23.6 Å². The molecule has 0 heterocycles. The Morgan fingerprint density at radius 1 is 1.04 bits per heavy atom. The van der Waals surface area contributed by atoms with Gasteiger partial charge in [-0.25, -0.2) is 0 Å². The summed E-state index contributed by atoms with van der Waals surface area (Å²) in [5.41, 5.74) is 1.81. The van der Waals surface area contributed by atoms with Crippen molar-refractivity contribution in [1.29, 1.82) is 0 Å². The van der Waals surface area contributed by atoms with Crippen LogP contribution >= 0.6 is 0 Å². The molecule has 0 fully saturated rings. The van der Waals surface area contributed by atoms with E-state index >= 15 is 0 Å². The van der Waals surface area contributed by atoms with Crippen molar-refractivity contribution in [3.8, 4) is 11.5 Å². The van der Waals surface area contributed by atoms with Crippen LogP contribution in [0.15, 0.2) is 48.5 Å². The largest absolute Gasteiger partial charge is 0.493 e. The summed E-state index contributed by atoms with van der Waals surface area (Å²) in [7, 11) is 5.07. The van der Waals surface area contributed by atoms with Gasteiger partial charge < -0.3 is 14.4 Å². The average molecular weight is 313 g/mol. The molecule has 0 aliphatic carbocycles. The Morgan fingerprint density at radius 3 is 2.30 bits per heavy atom. The Balaban J connectivity index is 2.09. The molecule has 0 spiro atoms. The Labute approximate surface area is 137 Å². The molecule has 0 radical (unpaired) electrons. The predicted octanol–water partition coefficient (Wildman–Crippen LogP) is 3.58. The van der Waals surface area contributed by atoms with Crippen molar-refractivity contribution in [1.82, 2.24) is 4.90 Å². The highest BCUT2D eigenvalue weighted by Gasteiger charge is 2.16. The third kappa shape index (κ3) is 4.03. The number of methoxy groups -OCH3 is 2. The van der Waals surface area contributed by atoms with Crippen LogP contribution in [0.1, 0.15) is 28.8 Å². The van der Waals surface area contributed by atoms with E-state index in [9.17, 15) is 4.79 Å². The number of ether oxygens (including phenoxy) is 2. The van der Waals surface area contributed by atoms with Crippen LogP contribution in [0.4, 0.5) is 0 Å². The summed E-state index contributed by atoms with van der Waals surface area (Å²) >= 11 is 0. The Hall–Kier alpha value is -2.49.